The molecule has 1 heterocycles. The number of rotatable bonds is 5. The van der Waals surface area contributed by atoms with Gasteiger partial charge in [0.1, 0.15) is 23.7 Å². The van der Waals surface area contributed by atoms with E-state index >= 15 is 0 Å². The second-order valence-electron chi connectivity index (χ2n) is 7.23. The summed E-state index contributed by atoms with van der Waals surface area (Å²) in [6.07, 6.45) is -5.35. The van der Waals surface area contributed by atoms with E-state index in [9.17, 15) is 22.4 Å². The van der Waals surface area contributed by atoms with E-state index in [4.69, 9.17) is 4.84 Å². The minimum atomic E-state index is -5.20. The Kier molecular flexibility index (Phi) is 5.94. The van der Waals surface area contributed by atoms with Crippen LogP contribution in [-0.4, -0.2) is 23.0 Å². The van der Waals surface area contributed by atoms with Crippen molar-refractivity contribution in [1.82, 2.24) is 5.06 Å². The highest BCUT2D eigenvalue weighted by atomic mass is 19.4. The highest BCUT2D eigenvalue weighted by Gasteiger charge is 2.47. The number of aliphatic imine (C=N–C) groups is 1. The summed E-state index contributed by atoms with van der Waals surface area (Å²) in [5, 5.41) is 0.870. The van der Waals surface area contributed by atoms with Crippen LogP contribution in [0.3, 0.4) is 0 Å². The van der Waals surface area contributed by atoms with Gasteiger partial charge in [-0.1, -0.05) is 78.9 Å². The number of halogens is 4. The van der Waals surface area contributed by atoms with Gasteiger partial charge in [0, 0.05) is 6.42 Å². The number of benzene rings is 3. The van der Waals surface area contributed by atoms with Crippen molar-refractivity contribution in [2.75, 3.05) is 0 Å². The number of carbonyl (C=O) groups excluding carboxylic acids is 1. The molecule has 164 valence electrons. The molecule has 0 saturated carbocycles. The molecule has 0 saturated heterocycles. The fraction of sp³-hybridized carbons (Fsp3) is 0.167. The second-order valence-corrected chi connectivity index (χ2v) is 7.23. The molecule has 0 spiro atoms. The van der Waals surface area contributed by atoms with E-state index in [-0.39, 0.29) is 17.8 Å². The Morgan fingerprint density at radius 1 is 0.875 bits per heavy atom. The van der Waals surface area contributed by atoms with E-state index < -0.39 is 30.0 Å². The van der Waals surface area contributed by atoms with Gasteiger partial charge in [0.15, 0.2) is 0 Å². The second kappa shape index (κ2) is 8.82. The van der Waals surface area contributed by atoms with Crippen LogP contribution in [0.1, 0.15) is 28.8 Å². The largest absolute Gasteiger partial charge is 0.493 e. The number of nitrogens with zero attached hydrogens (tertiary/aromatic N) is 2. The van der Waals surface area contributed by atoms with Crippen molar-refractivity contribution in [2.24, 2.45) is 4.99 Å². The molecule has 32 heavy (non-hydrogen) atoms. The Labute approximate surface area is 181 Å². The fourth-order valence-electron chi connectivity index (χ4n) is 3.64. The van der Waals surface area contributed by atoms with Crippen molar-refractivity contribution >= 4 is 11.8 Å². The lowest BCUT2D eigenvalue weighted by Gasteiger charge is -2.29. The minimum Gasteiger partial charge on any atom is -0.330 e. The monoisotopic (exact) mass is 442 g/mol. The smallest absolute Gasteiger partial charge is 0.330 e. The normalized spacial score (nSPS) is 18.4. The van der Waals surface area contributed by atoms with Crippen molar-refractivity contribution in [3.05, 3.63) is 107 Å². The lowest BCUT2D eigenvalue weighted by molar-refractivity contribution is -0.230. The van der Waals surface area contributed by atoms with Crippen molar-refractivity contribution in [2.45, 2.75) is 24.7 Å². The first-order chi connectivity index (χ1) is 15.3. The maximum Gasteiger partial charge on any atom is 0.493 e. The van der Waals surface area contributed by atoms with Crippen LogP contribution in [0, 0.1) is 5.82 Å². The lowest BCUT2D eigenvalue weighted by Crippen LogP contribution is -2.39. The zero-order chi connectivity index (χ0) is 22.7. The van der Waals surface area contributed by atoms with E-state index in [1.54, 1.807) is 66.7 Å². The molecule has 3 aromatic rings. The Balaban J connectivity index is 1.80. The van der Waals surface area contributed by atoms with Gasteiger partial charge in [-0.2, -0.15) is 18.2 Å². The summed E-state index contributed by atoms with van der Waals surface area (Å²) >= 11 is 0. The standard InChI is InChI=1S/C24H18F4N2O2/c25-19-14-8-7-13-18(19)15-20-29-21(16-9-3-1-4-10-16)22(17-11-5-2-6-12-17)30(20)32-23(31)24(26,27)28/h1-14,21-22H,15H2. The summed E-state index contributed by atoms with van der Waals surface area (Å²) in [6, 6.07) is 22.0. The molecule has 0 radical (unpaired) electrons. The van der Waals surface area contributed by atoms with Crippen LogP contribution in [0.5, 0.6) is 0 Å². The third-order valence-electron chi connectivity index (χ3n) is 5.10. The number of amidine groups is 1. The van der Waals surface area contributed by atoms with Crippen LogP contribution in [0.25, 0.3) is 0 Å². The average Bonchev–Trinajstić information content (AvgIpc) is 3.14. The molecule has 0 fully saturated rings. The van der Waals surface area contributed by atoms with Crippen LogP contribution >= 0.6 is 0 Å². The van der Waals surface area contributed by atoms with Gasteiger partial charge in [-0.3, -0.25) is 4.99 Å². The number of hydrogen-bond donors (Lipinski definition) is 0. The Bertz CT molecular complexity index is 1120. The summed E-state index contributed by atoms with van der Waals surface area (Å²) < 4.78 is 53.5. The highest BCUT2D eigenvalue weighted by molar-refractivity contribution is 5.88. The van der Waals surface area contributed by atoms with Crippen molar-refractivity contribution in [3.63, 3.8) is 0 Å². The number of alkyl halides is 3. The van der Waals surface area contributed by atoms with E-state index in [1.165, 1.54) is 18.2 Å². The van der Waals surface area contributed by atoms with Gasteiger partial charge in [0.2, 0.25) is 0 Å². The SMILES string of the molecule is O=C(ON1C(Cc2ccccc2F)=NC(c2ccccc2)C1c1ccccc1)C(F)(F)F. The van der Waals surface area contributed by atoms with Gasteiger partial charge < -0.3 is 4.84 Å². The van der Waals surface area contributed by atoms with Crippen molar-refractivity contribution < 1.29 is 27.2 Å². The average molecular weight is 442 g/mol. The van der Waals surface area contributed by atoms with Crippen LogP contribution in [0.15, 0.2) is 89.9 Å². The predicted octanol–water partition coefficient (Wildman–Crippen LogP) is 5.59. The van der Waals surface area contributed by atoms with E-state index in [2.05, 4.69) is 4.99 Å². The Morgan fingerprint density at radius 3 is 2.03 bits per heavy atom. The van der Waals surface area contributed by atoms with Crippen LogP contribution < -0.4 is 0 Å². The van der Waals surface area contributed by atoms with Crippen LogP contribution in [0.4, 0.5) is 17.6 Å². The summed E-state index contributed by atoms with van der Waals surface area (Å²) in [5.74, 6) is -2.87. The zero-order valence-corrected chi connectivity index (χ0v) is 16.7. The molecule has 2 unspecified atom stereocenters. The van der Waals surface area contributed by atoms with E-state index in [0.717, 1.165) is 10.6 Å². The lowest BCUT2D eigenvalue weighted by atomic mass is 9.94. The number of carbonyl (C=O) groups is 1. The Hall–Kier alpha value is -3.68. The molecule has 4 rings (SSSR count). The topological polar surface area (TPSA) is 41.9 Å². The van der Waals surface area contributed by atoms with Crippen LogP contribution in [-0.2, 0) is 16.1 Å². The molecule has 1 aliphatic rings. The van der Waals surface area contributed by atoms with Gasteiger partial charge in [-0.15, -0.1) is 0 Å². The van der Waals surface area contributed by atoms with Crippen LogP contribution in [0.2, 0.25) is 0 Å². The quantitative estimate of drug-likeness (QED) is 0.484. The summed E-state index contributed by atoms with van der Waals surface area (Å²) in [4.78, 5) is 21.2. The predicted molar refractivity (Wildman–Crippen MR) is 110 cm³/mol. The molecule has 4 nitrogen and oxygen atoms in total. The molecule has 3 aromatic carbocycles. The molecular formula is C24H18F4N2O2. The third-order valence-corrected chi connectivity index (χ3v) is 5.10. The maximum absolute atomic E-state index is 14.3. The summed E-state index contributed by atoms with van der Waals surface area (Å²) in [5.41, 5.74) is 1.54. The maximum atomic E-state index is 14.3. The molecule has 0 aliphatic carbocycles. The van der Waals surface area contributed by atoms with E-state index in [1.807, 2.05) is 0 Å². The van der Waals surface area contributed by atoms with Crippen molar-refractivity contribution in [3.8, 4) is 0 Å². The van der Waals surface area contributed by atoms with Gasteiger partial charge in [0.05, 0.1) is 0 Å². The number of hydroxylamine groups is 2. The molecule has 0 aromatic heterocycles. The first-order valence-corrected chi connectivity index (χ1v) is 9.83. The van der Waals surface area contributed by atoms with Gasteiger partial charge in [-0.25, -0.2) is 9.18 Å². The summed E-state index contributed by atoms with van der Waals surface area (Å²) in [6.45, 7) is 0. The first kappa shape index (κ1) is 21.5. The van der Waals surface area contributed by atoms with Gasteiger partial charge in [0.25, 0.3) is 0 Å². The minimum absolute atomic E-state index is 0.0235. The molecule has 0 N–H and O–H groups in total. The Morgan fingerprint density at radius 2 is 1.44 bits per heavy atom. The number of hydrogen-bond acceptors (Lipinski definition) is 4. The van der Waals surface area contributed by atoms with Gasteiger partial charge >= 0.3 is 12.1 Å². The highest BCUT2D eigenvalue weighted by Crippen LogP contribution is 2.43. The molecule has 1 aliphatic heterocycles. The molecule has 0 amide bonds. The summed E-state index contributed by atoms with van der Waals surface area (Å²) in [7, 11) is 0. The van der Waals surface area contributed by atoms with E-state index in [0.29, 0.717) is 5.56 Å². The first-order valence-electron chi connectivity index (χ1n) is 9.83. The third kappa shape index (κ3) is 4.49. The molecule has 0 bridgehead atoms. The molecule has 2 atom stereocenters. The zero-order valence-electron chi connectivity index (χ0n) is 16.7. The molecular weight excluding hydrogens is 424 g/mol. The molecule has 8 heteroatoms. The van der Waals surface area contributed by atoms with Gasteiger partial charge in [-0.05, 0) is 22.8 Å². The fourth-order valence-corrected chi connectivity index (χ4v) is 3.64. The van der Waals surface area contributed by atoms with Crippen molar-refractivity contribution in [1.29, 1.82) is 0 Å².